The number of carboxylic acids is 1. The number of rotatable bonds is 4. The SMILES string of the molecule is CC(C)(C)c1cc(CCC(=O)[O-])cc(-n2nc3ccc(Cl)cc3n2)c1O. The molecule has 1 N–H and O–H groups in total. The summed E-state index contributed by atoms with van der Waals surface area (Å²) < 4.78 is 0. The lowest BCUT2D eigenvalue weighted by molar-refractivity contribution is -0.305. The van der Waals surface area contributed by atoms with Crippen LogP contribution in [0.5, 0.6) is 5.75 Å². The summed E-state index contributed by atoms with van der Waals surface area (Å²) in [4.78, 5) is 12.2. The lowest BCUT2D eigenvalue weighted by atomic mass is 9.84. The first-order valence-electron chi connectivity index (χ1n) is 8.24. The largest absolute Gasteiger partial charge is 0.550 e. The maximum Gasteiger partial charge on any atom is 0.146 e. The number of hydrogen-bond acceptors (Lipinski definition) is 5. The monoisotopic (exact) mass is 372 g/mol. The molecule has 26 heavy (non-hydrogen) atoms. The van der Waals surface area contributed by atoms with Gasteiger partial charge in [0, 0.05) is 16.6 Å². The minimum Gasteiger partial charge on any atom is -0.550 e. The molecule has 3 aromatic rings. The van der Waals surface area contributed by atoms with Crippen molar-refractivity contribution in [3.8, 4) is 11.4 Å². The Morgan fingerprint density at radius 2 is 1.88 bits per heavy atom. The second kappa shape index (κ2) is 6.61. The zero-order valence-electron chi connectivity index (χ0n) is 14.8. The third kappa shape index (κ3) is 3.65. The van der Waals surface area contributed by atoms with Crippen molar-refractivity contribution in [3.63, 3.8) is 0 Å². The first-order valence-corrected chi connectivity index (χ1v) is 8.62. The summed E-state index contributed by atoms with van der Waals surface area (Å²) in [7, 11) is 0. The van der Waals surface area contributed by atoms with E-state index in [1.54, 1.807) is 24.3 Å². The minimum absolute atomic E-state index is 0.0705. The van der Waals surface area contributed by atoms with Gasteiger partial charge in [-0.25, -0.2) is 0 Å². The van der Waals surface area contributed by atoms with E-state index in [1.165, 1.54) is 4.80 Å². The van der Waals surface area contributed by atoms with Gasteiger partial charge in [0.1, 0.15) is 22.5 Å². The number of carboxylic acid groups (broad SMARTS) is 1. The Kier molecular flexibility index (Phi) is 4.63. The van der Waals surface area contributed by atoms with Crippen molar-refractivity contribution in [2.75, 3.05) is 0 Å². The molecular weight excluding hydrogens is 354 g/mol. The fourth-order valence-electron chi connectivity index (χ4n) is 2.79. The number of nitrogens with zero attached hydrogens (tertiary/aromatic N) is 3. The Morgan fingerprint density at radius 3 is 2.54 bits per heavy atom. The van der Waals surface area contributed by atoms with Crippen LogP contribution < -0.4 is 5.11 Å². The van der Waals surface area contributed by atoms with E-state index < -0.39 is 5.97 Å². The summed E-state index contributed by atoms with van der Waals surface area (Å²) in [5, 5.41) is 31.0. The molecule has 0 radical (unpaired) electrons. The summed E-state index contributed by atoms with van der Waals surface area (Å²) >= 11 is 6.00. The number of aliphatic carboxylic acids is 1. The molecule has 0 saturated carbocycles. The number of aryl methyl sites for hydroxylation is 1. The van der Waals surface area contributed by atoms with Crippen molar-refractivity contribution in [2.45, 2.75) is 39.0 Å². The average Bonchev–Trinajstić information content (AvgIpc) is 2.95. The highest BCUT2D eigenvalue weighted by atomic mass is 35.5. The standard InChI is InChI=1S/C19H20ClN3O3/c1-19(2,3)13-8-11(4-7-17(24)25)9-16(18(13)26)23-21-14-6-5-12(20)10-15(14)22-23/h5-6,8-10,26H,4,7H2,1-3H3,(H,24,25)/p-1. The molecule has 3 rings (SSSR count). The van der Waals surface area contributed by atoms with E-state index >= 15 is 0 Å². The summed E-state index contributed by atoms with van der Waals surface area (Å²) in [6.45, 7) is 5.92. The van der Waals surface area contributed by atoms with Crippen LogP contribution in [0.1, 0.15) is 38.3 Å². The van der Waals surface area contributed by atoms with Gasteiger partial charge < -0.3 is 15.0 Å². The van der Waals surface area contributed by atoms with E-state index in [-0.39, 0.29) is 17.6 Å². The maximum atomic E-state index is 10.8. The molecule has 0 atom stereocenters. The van der Waals surface area contributed by atoms with Gasteiger partial charge in [-0.15, -0.1) is 15.0 Å². The zero-order valence-corrected chi connectivity index (χ0v) is 15.5. The predicted molar refractivity (Wildman–Crippen MR) is 97.6 cm³/mol. The van der Waals surface area contributed by atoms with Crippen molar-refractivity contribution in [1.29, 1.82) is 0 Å². The normalized spacial score (nSPS) is 11.8. The molecule has 0 bridgehead atoms. The average molecular weight is 373 g/mol. The lowest BCUT2D eigenvalue weighted by Gasteiger charge is -2.23. The van der Waals surface area contributed by atoms with Crippen molar-refractivity contribution < 1.29 is 15.0 Å². The van der Waals surface area contributed by atoms with Gasteiger partial charge in [0.2, 0.25) is 0 Å². The Bertz CT molecular complexity index is 990. The molecule has 1 aromatic heterocycles. The number of aromatic hydroxyl groups is 1. The molecule has 0 aliphatic heterocycles. The minimum atomic E-state index is -1.12. The Labute approximate surface area is 156 Å². The Hall–Kier alpha value is -2.60. The van der Waals surface area contributed by atoms with E-state index in [1.807, 2.05) is 26.8 Å². The molecule has 0 saturated heterocycles. The van der Waals surface area contributed by atoms with Crippen LogP contribution in [0.25, 0.3) is 16.7 Å². The number of halogens is 1. The highest BCUT2D eigenvalue weighted by Crippen LogP contribution is 2.36. The van der Waals surface area contributed by atoms with Gasteiger partial charge >= 0.3 is 0 Å². The summed E-state index contributed by atoms with van der Waals surface area (Å²) in [6, 6.07) is 8.69. The molecule has 6 nitrogen and oxygen atoms in total. The second-order valence-electron chi connectivity index (χ2n) is 7.26. The van der Waals surface area contributed by atoms with Crippen LogP contribution in [0.3, 0.4) is 0 Å². The topological polar surface area (TPSA) is 91.1 Å². The van der Waals surface area contributed by atoms with Crippen molar-refractivity contribution in [1.82, 2.24) is 15.0 Å². The molecule has 0 spiro atoms. The number of fused-ring (bicyclic) bond motifs is 1. The number of aromatic nitrogens is 3. The second-order valence-corrected chi connectivity index (χ2v) is 7.69. The van der Waals surface area contributed by atoms with Crippen LogP contribution in [0.2, 0.25) is 5.02 Å². The first kappa shape index (κ1) is 18.2. The van der Waals surface area contributed by atoms with Crippen molar-refractivity contribution in [2.24, 2.45) is 0 Å². The van der Waals surface area contributed by atoms with Crippen molar-refractivity contribution in [3.05, 3.63) is 46.5 Å². The van der Waals surface area contributed by atoms with Crippen molar-refractivity contribution >= 4 is 28.6 Å². The predicted octanol–water partition coefficient (Wildman–Crippen LogP) is 2.76. The Morgan fingerprint density at radius 1 is 1.19 bits per heavy atom. The van der Waals surface area contributed by atoms with Gasteiger partial charge in [0.05, 0.1) is 0 Å². The summed E-state index contributed by atoms with van der Waals surface area (Å²) in [5.74, 6) is -1.05. The third-order valence-electron chi connectivity index (χ3n) is 4.13. The van der Waals surface area contributed by atoms with Gasteiger partial charge in [-0.05, 0) is 48.1 Å². The smallest absolute Gasteiger partial charge is 0.146 e. The fraction of sp³-hybridized carbons (Fsp3) is 0.316. The maximum absolute atomic E-state index is 10.8. The van der Waals surface area contributed by atoms with Gasteiger partial charge in [-0.2, -0.15) is 0 Å². The number of hydrogen-bond donors (Lipinski definition) is 1. The van der Waals surface area contributed by atoms with Crippen LogP contribution >= 0.6 is 11.6 Å². The molecule has 7 heteroatoms. The number of phenols is 1. The number of phenolic OH excluding ortho intramolecular Hbond substituents is 1. The number of carbonyl (C=O) groups is 1. The molecule has 0 amide bonds. The van der Waals surface area contributed by atoms with E-state index in [4.69, 9.17) is 11.6 Å². The molecule has 2 aromatic carbocycles. The first-order chi connectivity index (χ1) is 12.1. The molecule has 1 heterocycles. The van der Waals surface area contributed by atoms with Gasteiger partial charge in [-0.3, -0.25) is 0 Å². The van der Waals surface area contributed by atoms with Gasteiger partial charge in [0.15, 0.2) is 0 Å². The molecule has 136 valence electrons. The number of carbonyl (C=O) groups excluding carboxylic acids is 1. The van der Waals surface area contributed by atoms with E-state index in [2.05, 4.69) is 10.2 Å². The van der Waals surface area contributed by atoms with E-state index in [9.17, 15) is 15.0 Å². The quantitative estimate of drug-likeness (QED) is 0.760. The van der Waals surface area contributed by atoms with Crippen LogP contribution in [0.15, 0.2) is 30.3 Å². The molecule has 0 unspecified atom stereocenters. The summed E-state index contributed by atoms with van der Waals surface area (Å²) in [5.41, 5.74) is 2.78. The molecule has 0 fully saturated rings. The molecule has 0 aliphatic rings. The van der Waals surface area contributed by atoms with E-state index in [0.717, 1.165) is 5.56 Å². The molecule has 0 aliphatic carbocycles. The Balaban J connectivity index is 2.16. The zero-order chi connectivity index (χ0) is 19.1. The third-order valence-corrected chi connectivity index (χ3v) is 4.37. The summed E-state index contributed by atoms with van der Waals surface area (Å²) in [6.07, 6.45) is 0.198. The highest BCUT2D eigenvalue weighted by molar-refractivity contribution is 6.31. The number of benzene rings is 2. The highest BCUT2D eigenvalue weighted by Gasteiger charge is 2.23. The lowest BCUT2D eigenvalue weighted by Crippen LogP contribution is -2.22. The van der Waals surface area contributed by atoms with Gasteiger partial charge in [0.25, 0.3) is 0 Å². The molecular formula is C19H19ClN3O3-. The van der Waals surface area contributed by atoms with Crippen LogP contribution in [-0.4, -0.2) is 26.1 Å². The van der Waals surface area contributed by atoms with E-state index in [0.29, 0.717) is 33.7 Å². The fourth-order valence-corrected chi connectivity index (χ4v) is 2.95. The van der Waals surface area contributed by atoms with Crippen LogP contribution in [0.4, 0.5) is 0 Å². The van der Waals surface area contributed by atoms with Crippen LogP contribution in [0, 0.1) is 0 Å². The van der Waals surface area contributed by atoms with Gasteiger partial charge in [-0.1, -0.05) is 38.4 Å². The van der Waals surface area contributed by atoms with Crippen LogP contribution in [-0.2, 0) is 16.6 Å².